The number of nitrogen functional groups attached to an aromatic ring is 1. The Hall–Kier alpha value is -5.97. The number of aromatic hydroxyl groups is 2. The molecule has 4 amide bonds. The Labute approximate surface area is 285 Å². The van der Waals surface area contributed by atoms with Crippen LogP contribution in [0.5, 0.6) is 11.5 Å². The second-order valence-corrected chi connectivity index (χ2v) is 12.7. The molecular formula is C28H24F2N6O14S. The normalized spacial score (nSPS) is 25.5. The number of halogens is 2. The summed E-state index contributed by atoms with van der Waals surface area (Å²) in [5.41, 5.74) is -1.39. The minimum atomic E-state index is -3.15. The number of cyclic esters (lactones) is 1. The Morgan fingerprint density at radius 2 is 1.63 bits per heavy atom. The van der Waals surface area contributed by atoms with Crippen molar-refractivity contribution < 1.29 is 77.2 Å². The number of benzene rings is 1. The van der Waals surface area contributed by atoms with Crippen molar-refractivity contribution in [3.05, 3.63) is 34.3 Å². The fourth-order valence-corrected chi connectivity index (χ4v) is 6.41. The summed E-state index contributed by atoms with van der Waals surface area (Å²) < 4.78 is 32.7. The minimum Gasteiger partial charge on any atom is -0.504 e. The lowest BCUT2D eigenvalue weighted by molar-refractivity contribution is -0.256. The third-order valence-corrected chi connectivity index (χ3v) is 9.32. The molecule has 20 nitrogen and oxygen atoms in total. The predicted octanol–water partition coefficient (Wildman–Crippen LogP) is -0.459. The van der Waals surface area contributed by atoms with Gasteiger partial charge in [0.1, 0.15) is 24.4 Å². The van der Waals surface area contributed by atoms with Gasteiger partial charge < -0.3 is 41.1 Å². The molecule has 270 valence electrons. The lowest BCUT2D eigenvalue weighted by atomic mass is 9.83. The van der Waals surface area contributed by atoms with Gasteiger partial charge in [-0.2, -0.15) is 5.06 Å². The van der Waals surface area contributed by atoms with Gasteiger partial charge in [0, 0.05) is 31.1 Å². The summed E-state index contributed by atoms with van der Waals surface area (Å²) in [5, 5.41) is 46.6. The molecule has 0 bridgehead atoms. The predicted molar refractivity (Wildman–Crippen MR) is 158 cm³/mol. The van der Waals surface area contributed by atoms with E-state index in [1.807, 2.05) is 0 Å². The number of fused-ring (bicyclic) bond motifs is 1. The number of carbonyl (C=O) groups excluding carboxylic acids is 5. The van der Waals surface area contributed by atoms with Crippen LogP contribution in [0.15, 0.2) is 22.7 Å². The van der Waals surface area contributed by atoms with Crippen molar-refractivity contribution in [3.63, 3.8) is 0 Å². The summed E-state index contributed by atoms with van der Waals surface area (Å²) in [6.45, 7) is -0.769. The van der Waals surface area contributed by atoms with E-state index < -0.39 is 138 Å². The van der Waals surface area contributed by atoms with E-state index >= 15 is 0 Å². The lowest BCUT2D eigenvalue weighted by Crippen LogP contribution is -2.57. The van der Waals surface area contributed by atoms with E-state index in [1.54, 1.807) is 0 Å². The summed E-state index contributed by atoms with van der Waals surface area (Å²) in [6, 6.07) is -2.11. The van der Waals surface area contributed by atoms with Gasteiger partial charge in [-0.05, 0) is 12.1 Å². The van der Waals surface area contributed by atoms with Crippen LogP contribution in [0, 0.1) is 0 Å². The Bertz CT molecular complexity index is 1900. The summed E-state index contributed by atoms with van der Waals surface area (Å²) in [7, 11) is 0. The Kier molecular flexibility index (Phi) is 8.29. The molecule has 6 rings (SSSR count). The Morgan fingerprint density at radius 1 is 1.02 bits per heavy atom. The number of carbonyl (C=O) groups is 7. The molecule has 1 aromatic heterocycles. The van der Waals surface area contributed by atoms with Crippen molar-refractivity contribution in [1.82, 2.24) is 20.3 Å². The van der Waals surface area contributed by atoms with Crippen LogP contribution in [-0.2, 0) is 38.4 Å². The van der Waals surface area contributed by atoms with Gasteiger partial charge in [0.15, 0.2) is 22.3 Å². The number of hydrogen-bond donors (Lipinski definition) is 6. The lowest BCUT2D eigenvalue weighted by Gasteiger charge is -2.34. The molecule has 1 aromatic carbocycles. The number of esters is 1. The highest BCUT2D eigenvalue weighted by atomic mass is 32.1. The maximum atomic E-state index is 13.8. The van der Waals surface area contributed by atoms with Crippen LogP contribution in [0.2, 0.25) is 0 Å². The van der Waals surface area contributed by atoms with Crippen LogP contribution in [0.4, 0.5) is 13.9 Å². The first-order valence-corrected chi connectivity index (χ1v) is 15.5. The molecule has 3 aliphatic heterocycles. The average molecular weight is 739 g/mol. The first-order chi connectivity index (χ1) is 23.9. The number of carboxylic acid groups (broad SMARTS) is 2. The topological polar surface area (TPSA) is 298 Å². The number of imide groups is 1. The van der Waals surface area contributed by atoms with Crippen molar-refractivity contribution in [2.75, 3.05) is 12.3 Å². The number of alkyl halides is 2. The SMILES string of the molecule is Nc1nc(/C(=N/OC2(C(=O)O)CCC(F)(F)CC2)C(=O)N[C@H]2CON(C3(C(=O)O)C[C@H](N4C(=O)c5cc(O)c(O)cc5C4=O)C(=O)O3)C2=O)cs1. The second-order valence-electron chi connectivity index (χ2n) is 11.8. The van der Waals surface area contributed by atoms with Gasteiger partial charge >= 0.3 is 23.6 Å². The number of aliphatic carboxylic acids is 2. The van der Waals surface area contributed by atoms with E-state index in [0.717, 1.165) is 23.5 Å². The van der Waals surface area contributed by atoms with E-state index in [4.69, 9.17) is 20.1 Å². The Morgan fingerprint density at radius 3 is 2.16 bits per heavy atom. The van der Waals surface area contributed by atoms with Gasteiger partial charge in [-0.1, -0.05) is 5.16 Å². The summed E-state index contributed by atoms with van der Waals surface area (Å²) >= 11 is 0.833. The standard InChI is InChI=1S/C28H24F2N6O14S/c29-27(30)3-1-26(2-4-27,23(44)45)50-34-17(13-9-51-25(31)33-13)18(39)32-12-8-48-36(21(12)42)28(24(46)47)7-14(22(43)49-28)35-19(40)10-5-15(37)16(38)6-11(10)20(35)41/h5-6,9,12,14,37-38H,1-4,7-8H2,(H2,31,33)(H,32,39)(H,44,45)(H,46,47)/b34-17-/t12-,14-,28?/m0/s1. The van der Waals surface area contributed by atoms with E-state index in [2.05, 4.69) is 15.5 Å². The zero-order chi connectivity index (χ0) is 37.2. The van der Waals surface area contributed by atoms with E-state index in [1.165, 1.54) is 5.38 Å². The highest BCUT2D eigenvalue weighted by Gasteiger charge is 2.65. The smallest absolute Gasteiger partial charge is 0.372 e. The molecule has 2 aromatic rings. The zero-order valence-electron chi connectivity index (χ0n) is 25.5. The minimum absolute atomic E-state index is 0.0742. The van der Waals surface area contributed by atoms with Gasteiger partial charge in [0.05, 0.1) is 17.5 Å². The molecule has 4 heterocycles. The number of nitrogens with zero attached hydrogens (tertiary/aromatic N) is 4. The van der Waals surface area contributed by atoms with Crippen LogP contribution in [0.1, 0.15) is 58.5 Å². The molecule has 0 spiro atoms. The number of ether oxygens (including phenoxy) is 1. The largest absolute Gasteiger partial charge is 0.504 e. The number of aromatic nitrogens is 1. The third kappa shape index (κ3) is 5.78. The molecule has 2 saturated heterocycles. The van der Waals surface area contributed by atoms with Crippen LogP contribution in [0.3, 0.4) is 0 Å². The molecule has 4 aliphatic rings. The second kappa shape index (κ2) is 12.1. The van der Waals surface area contributed by atoms with E-state index in [0.29, 0.717) is 4.90 Å². The number of hydrogen-bond acceptors (Lipinski definition) is 16. The first kappa shape index (κ1) is 34.9. The molecule has 0 radical (unpaired) electrons. The number of hydroxylamine groups is 2. The van der Waals surface area contributed by atoms with Crippen LogP contribution < -0.4 is 11.1 Å². The van der Waals surface area contributed by atoms with Crippen LogP contribution in [0.25, 0.3) is 0 Å². The molecule has 1 unspecified atom stereocenters. The van der Waals surface area contributed by atoms with E-state index in [9.17, 15) is 62.8 Å². The highest BCUT2D eigenvalue weighted by Crippen LogP contribution is 2.42. The van der Waals surface area contributed by atoms with E-state index in [-0.39, 0.29) is 15.9 Å². The highest BCUT2D eigenvalue weighted by molar-refractivity contribution is 7.13. The summed E-state index contributed by atoms with van der Waals surface area (Å²) in [6.07, 6.45) is -4.08. The number of oxime groups is 1. The maximum absolute atomic E-state index is 13.8. The number of anilines is 1. The van der Waals surface area contributed by atoms with Gasteiger partial charge in [0.2, 0.25) is 11.5 Å². The van der Waals surface area contributed by atoms with Crippen molar-refractivity contribution in [1.29, 1.82) is 0 Å². The number of phenolic OH excluding ortho intramolecular Hbond substituents is 2. The fourth-order valence-electron chi connectivity index (χ4n) is 5.86. The van der Waals surface area contributed by atoms with Crippen LogP contribution in [-0.4, -0.2) is 119 Å². The number of carboxylic acids is 2. The number of rotatable bonds is 9. The number of phenols is 2. The third-order valence-electron chi connectivity index (χ3n) is 8.64. The summed E-state index contributed by atoms with van der Waals surface area (Å²) in [4.78, 5) is 105. The molecule has 1 aliphatic carbocycles. The molecule has 1 saturated carbocycles. The molecular weight excluding hydrogens is 714 g/mol. The monoisotopic (exact) mass is 738 g/mol. The van der Waals surface area contributed by atoms with Crippen molar-refractivity contribution in [2.45, 2.75) is 61.4 Å². The molecule has 51 heavy (non-hydrogen) atoms. The first-order valence-electron chi connectivity index (χ1n) is 14.7. The van der Waals surface area contributed by atoms with Gasteiger partial charge in [-0.15, -0.1) is 11.3 Å². The average Bonchev–Trinajstić information content (AvgIpc) is 3.80. The van der Waals surface area contributed by atoms with Gasteiger partial charge in [-0.25, -0.2) is 28.1 Å². The van der Waals surface area contributed by atoms with Crippen molar-refractivity contribution in [2.24, 2.45) is 5.16 Å². The number of thiazole rings is 1. The van der Waals surface area contributed by atoms with Gasteiger partial charge in [0.25, 0.3) is 23.6 Å². The molecule has 7 N–H and O–H groups in total. The van der Waals surface area contributed by atoms with Crippen molar-refractivity contribution in [3.8, 4) is 11.5 Å². The van der Waals surface area contributed by atoms with Crippen molar-refractivity contribution >= 4 is 63.7 Å². The number of nitrogens with two attached hydrogens (primary N) is 1. The van der Waals surface area contributed by atoms with Crippen LogP contribution >= 0.6 is 11.3 Å². The maximum Gasteiger partial charge on any atom is 0.372 e. The number of nitrogens with one attached hydrogen (secondary N) is 1. The number of amides is 4. The summed E-state index contributed by atoms with van der Waals surface area (Å²) in [5.74, 6) is -14.5. The Balaban J connectivity index is 1.22. The van der Waals surface area contributed by atoms with Gasteiger partial charge in [-0.3, -0.25) is 28.9 Å². The zero-order valence-corrected chi connectivity index (χ0v) is 26.3. The molecule has 3 fully saturated rings. The quantitative estimate of drug-likeness (QED) is 0.0624. The fraction of sp³-hybridized carbons (Fsp3) is 0.393. The molecule has 23 heteroatoms. The molecule has 3 atom stereocenters.